The standard InChI is InChI=1S/C10H15FN4OS.C9H15FO2S.C7H12BrFS.2C2H4Cl2/c1-3-6-5(2)7(11)8(17-6)15-4-13-9(12)14-10(15)16;1-4-7-5(2)8(10)9(13-7)12-6(3)11;1-3-5-4(2)6(9)7(8)10-5;2*3-1-2-4/h4-8H,3H2,1-2H3,(H2,12,14,16);5,7-9H,4H2,1-3H3;4-7H,3H2,1-2H3;2*1-2H2/t5-,6-,7+,8-;5-,7-,8+,9?;4-,5-,6+,7?;;/m111../s1. The van der Waals surface area contributed by atoms with Crippen molar-refractivity contribution in [1.29, 1.82) is 0 Å². The van der Waals surface area contributed by atoms with Crippen LogP contribution in [0.2, 0.25) is 0 Å². The number of nitrogens with two attached hydrogens (primary N) is 1. The monoisotopic (exact) mass is 886 g/mol. The molecule has 0 bridgehead atoms. The number of aromatic nitrogens is 3. The number of halogens is 8. The number of ether oxygens (including phenoxy) is 1. The van der Waals surface area contributed by atoms with Crippen LogP contribution in [0.3, 0.4) is 0 Å². The van der Waals surface area contributed by atoms with Gasteiger partial charge in [-0.15, -0.1) is 81.7 Å². The fourth-order valence-corrected chi connectivity index (χ4v) is 10.7. The minimum atomic E-state index is -1.06. The molecule has 0 amide bonds. The van der Waals surface area contributed by atoms with E-state index in [0.717, 1.165) is 19.3 Å². The van der Waals surface area contributed by atoms with Crippen molar-refractivity contribution in [2.75, 3.05) is 29.3 Å². The summed E-state index contributed by atoms with van der Waals surface area (Å²) in [6, 6.07) is 0. The van der Waals surface area contributed by atoms with E-state index in [0.29, 0.717) is 28.8 Å². The van der Waals surface area contributed by atoms with Crippen LogP contribution in [0.4, 0.5) is 19.1 Å². The Balaban J connectivity index is 0.000000635. The van der Waals surface area contributed by atoms with Crippen LogP contribution in [0, 0.1) is 17.8 Å². The SMILES string of the molecule is CC[C@H]1SC(Br)[C@@H](F)[C@@H]1C.CC[C@H]1SC(OC(C)=O)[C@@H](F)[C@@H]1C.CC[C@H]1S[C@@H](n2cnc(N)nc2=O)[C@@H](F)[C@@H]1C.ClCCCl.ClCCCl. The summed E-state index contributed by atoms with van der Waals surface area (Å²) in [6.45, 7) is 13.2. The second kappa shape index (κ2) is 26.3. The molecule has 1 aromatic rings. The Morgan fingerprint density at radius 2 is 1.29 bits per heavy atom. The molecule has 18 heteroatoms. The number of rotatable bonds is 7. The van der Waals surface area contributed by atoms with Crippen molar-refractivity contribution < 1.29 is 22.7 Å². The lowest BCUT2D eigenvalue weighted by atomic mass is 10.0. The van der Waals surface area contributed by atoms with E-state index in [-0.39, 0.29) is 38.4 Å². The molecule has 1 aromatic heterocycles. The first-order valence-electron chi connectivity index (χ1n) is 15.7. The van der Waals surface area contributed by atoms with Crippen LogP contribution in [0.5, 0.6) is 0 Å². The number of thioether (sulfide) groups is 3. The summed E-state index contributed by atoms with van der Waals surface area (Å²) in [7, 11) is 0. The first kappa shape index (κ1) is 48.6. The lowest BCUT2D eigenvalue weighted by Gasteiger charge is -2.15. The zero-order chi connectivity index (χ0) is 37.1. The molecule has 2 N–H and O–H groups in total. The molecule has 3 aliphatic rings. The van der Waals surface area contributed by atoms with E-state index in [1.54, 1.807) is 11.8 Å². The van der Waals surface area contributed by atoms with Gasteiger partial charge in [0.2, 0.25) is 5.95 Å². The number of carbonyl (C=O) groups excluding carboxylic acids is 1. The number of esters is 1. The van der Waals surface area contributed by atoms with Crippen LogP contribution in [-0.2, 0) is 9.53 Å². The van der Waals surface area contributed by atoms with Crippen LogP contribution in [0.1, 0.15) is 73.1 Å². The van der Waals surface area contributed by atoms with Crippen molar-refractivity contribution in [2.24, 2.45) is 17.8 Å². The molecule has 12 atom stereocenters. The number of alkyl halides is 8. The normalized spacial score (nSPS) is 33.5. The predicted molar refractivity (Wildman–Crippen MR) is 208 cm³/mol. The maximum absolute atomic E-state index is 14.1. The summed E-state index contributed by atoms with van der Waals surface area (Å²) >= 11 is 28.2. The molecule has 0 spiro atoms. The average molecular weight is 890 g/mol. The van der Waals surface area contributed by atoms with Crippen LogP contribution in [-0.4, -0.2) is 87.9 Å². The van der Waals surface area contributed by atoms with Crippen molar-refractivity contribution >= 4 is 110 Å². The van der Waals surface area contributed by atoms with Gasteiger partial charge in [0.05, 0.1) is 4.16 Å². The van der Waals surface area contributed by atoms with Gasteiger partial charge in [0, 0.05) is 63.9 Å². The molecule has 3 fully saturated rings. The fourth-order valence-electron chi connectivity index (χ4n) is 4.89. The van der Waals surface area contributed by atoms with Gasteiger partial charge in [-0.05, 0) is 19.3 Å². The Morgan fingerprint density at radius 3 is 1.62 bits per heavy atom. The Bertz CT molecular complexity index is 1090. The largest absolute Gasteiger partial charge is 0.448 e. The van der Waals surface area contributed by atoms with Crippen LogP contribution in [0.25, 0.3) is 0 Å². The summed E-state index contributed by atoms with van der Waals surface area (Å²) in [5.74, 6) is 1.89. The van der Waals surface area contributed by atoms with E-state index < -0.39 is 41.0 Å². The number of hydrogen-bond acceptors (Lipinski definition) is 9. The third kappa shape index (κ3) is 16.1. The number of anilines is 1. The topological polar surface area (TPSA) is 100 Å². The van der Waals surface area contributed by atoms with E-state index in [9.17, 15) is 22.8 Å². The highest BCUT2D eigenvalue weighted by Gasteiger charge is 2.44. The van der Waals surface area contributed by atoms with Crippen molar-refractivity contribution in [3.63, 3.8) is 0 Å². The molecule has 0 aliphatic carbocycles. The number of carbonyl (C=O) groups is 1. The first-order chi connectivity index (χ1) is 22.6. The van der Waals surface area contributed by atoms with Crippen molar-refractivity contribution in [1.82, 2.24) is 14.5 Å². The van der Waals surface area contributed by atoms with E-state index >= 15 is 0 Å². The van der Waals surface area contributed by atoms with E-state index in [1.807, 2.05) is 34.6 Å². The zero-order valence-corrected chi connectivity index (χ0v) is 35.4. The highest BCUT2D eigenvalue weighted by molar-refractivity contribution is 9.11. The first-order valence-corrected chi connectivity index (χ1v) is 21.6. The van der Waals surface area contributed by atoms with Crippen LogP contribution in [0.15, 0.2) is 11.1 Å². The minimum absolute atomic E-state index is 0.0145. The summed E-state index contributed by atoms with van der Waals surface area (Å²) in [6.07, 6.45) is 1.43. The molecule has 7 nitrogen and oxygen atoms in total. The average Bonchev–Trinajstić information content (AvgIpc) is 3.61. The van der Waals surface area contributed by atoms with Crippen LogP contribution >= 0.6 is 97.6 Å². The minimum Gasteiger partial charge on any atom is -0.448 e. The lowest BCUT2D eigenvalue weighted by molar-refractivity contribution is -0.144. The molecular formula is C30H50BrCl4F3N4O3S3. The number of nitrogen functional groups attached to an aromatic ring is 1. The highest BCUT2D eigenvalue weighted by atomic mass is 79.9. The van der Waals surface area contributed by atoms with Crippen molar-refractivity contribution in [3.05, 3.63) is 16.8 Å². The molecule has 4 rings (SSSR count). The summed E-state index contributed by atoms with van der Waals surface area (Å²) in [4.78, 5) is 29.5. The van der Waals surface area contributed by atoms with Gasteiger partial charge < -0.3 is 10.5 Å². The number of nitrogens with zero attached hydrogens (tertiary/aromatic N) is 3. The quantitative estimate of drug-likeness (QED) is 0.212. The van der Waals surface area contributed by atoms with Crippen molar-refractivity contribution in [2.45, 2.75) is 117 Å². The summed E-state index contributed by atoms with van der Waals surface area (Å²) in [5, 5.41) is 0.473. The van der Waals surface area contributed by atoms with Gasteiger partial charge in [-0.3, -0.25) is 9.36 Å². The summed E-state index contributed by atoms with van der Waals surface area (Å²) < 4.78 is 46.8. The lowest BCUT2D eigenvalue weighted by Crippen LogP contribution is -2.30. The smallest absolute Gasteiger partial charge is 0.353 e. The second-order valence-corrected chi connectivity index (χ2v) is 18.2. The van der Waals surface area contributed by atoms with E-state index in [2.05, 4.69) is 32.8 Å². The molecule has 2 unspecified atom stereocenters. The molecule has 3 aliphatic heterocycles. The number of hydrogen-bond donors (Lipinski definition) is 1. The Kier molecular flexibility index (Phi) is 26.7. The Hall–Kier alpha value is 0.560. The third-order valence-electron chi connectivity index (χ3n) is 7.63. The third-order valence-corrected chi connectivity index (χ3v) is 15.2. The Morgan fingerprint density at radius 1 is 0.854 bits per heavy atom. The van der Waals surface area contributed by atoms with E-state index in [1.165, 1.54) is 41.3 Å². The van der Waals surface area contributed by atoms with Gasteiger partial charge in [0.15, 0.2) is 11.6 Å². The Labute approximate surface area is 325 Å². The molecule has 48 heavy (non-hydrogen) atoms. The van der Waals surface area contributed by atoms with Gasteiger partial charge in [0.1, 0.15) is 24.0 Å². The fraction of sp³-hybridized carbons (Fsp3) is 0.867. The van der Waals surface area contributed by atoms with E-state index in [4.69, 9.17) is 56.9 Å². The molecule has 0 saturated carbocycles. The molecule has 4 heterocycles. The van der Waals surface area contributed by atoms with Gasteiger partial charge in [-0.1, -0.05) is 57.5 Å². The predicted octanol–water partition coefficient (Wildman–Crippen LogP) is 9.73. The maximum atomic E-state index is 14.1. The maximum Gasteiger partial charge on any atom is 0.353 e. The van der Waals surface area contributed by atoms with Gasteiger partial charge in [-0.2, -0.15) is 4.98 Å². The second-order valence-electron chi connectivity index (χ2n) is 11.0. The van der Waals surface area contributed by atoms with Gasteiger partial charge >= 0.3 is 11.7 Å². The van der Waals surface area contributed by atoms with Gasteiger partial charge in [-0.25, -0.2) is 22.9 Å². The van der Waals surface area contributed by atoms with Crippen molar-refractivity contribution in [3.8, 4) is 0 Å². The molecular weight excluding hydrogens is 839 g/mol. The zero-order valence-electron chi connectivity index (χ0n) is 28.3. The van der Waals surface area contributed by atoms with Gasteiger partial charge in [0.25, 0.3) is 0 Å². The molecule has 3 saturated heterocycles. The van der Waals surface area contributed by atoms with Crippen LogP contribution < -0.4 is 11.4 Å². The summed E-state index contributed by atoms with van der Waals surface area (Å²) in [5.41, 5.74) is 4.18. The molecule has 0 aromatic carbocycles. The molecule has 282 valence electrons. The highest BCUT2D eigenvalue weighted by Crippen LogP contribution is 2.48. The molecule has 0 radical (unpaired) electrons.